The van der Waals surface area contributed by atoms with Crippen LogP contribution in [0.1, 0.15) is 34.6 Å². The maximum atomic E-state index is 13.1. The molecular formula is C20H21FN2O4. The lowest BCUT2D eigenvalue weighted by molar-refractivity contribution is -0.119. The van der Waals surface area contributed by atoms with Crippen LogP contribution in [-0.4, -0.2) is 42.4 Å². The molecule has 0 unspecified atom stereocenters. The molecule has 2 aromatic rings. The smallest absolute Gasteiger partial charge is 0.338 e. The Bertz CT molecular complexity index is 817. The number of amides is 2. The van der Waals surface area contributed by atoms with E-state index < -0.39 is 24.3 Å². The van der Waals surface area contributed by atoms with Gasteiger partial charge in [0.05, 0.1) is 5.56 Å². The van der Waals surface area contributed by atoms with E-state index in [0.29, 0.717) is 24.3 Å². The molecule has 0 aliphatic rings. The second kappa shape index (κ2) is 9.47. The molecule has 0 aromatic heterocycles. The van der Waals surface area contributed by atoms with E-state index in [0.717, 1.165) is 6.07 Å². The van der Waals surface area contributed by atoms with Crippen molar-refractivity contribution in [2.24, 2.45) is 0 Å². The Balaban J connectivity index is 1.88. The van der Waals surface area contributed by atoms with Crippen molar-refractivity contribution in [3.63, 3.8) is 0 Å². The summed E-state index contributed by atoms with van der Waals surface area (Å²) in [4.78, 5) is 37.6. The topological polar surface area (TPSA) is 75.7 Å². The Morgan fingerprint density at radius 3 is 2.26 bits per heavy atom. The molecule has 7 heteroatoms. The minimum Gasteiger partial charge on any atom is -0.452 e. The van der Waals surface area contributed by atoms with Gasteiger partial charge < -0.3 is 15.0 Å². The average molecular weight is 372 g/mol. The Morgan fingerprint density at radius 1 is 1.00 bits per heavy atom. The average Bonchev–Trinajstić information content (AvgIpc) is 2.67. The Morgan fingerprint density at radius 2 is 1.67 bits per heavy atom. The van der Waals surface area contributed by atoms with Gasteiger partial charge in [-0.25, -0.2) is 9.18 Å². The highest BCUT2D eigenvalue weighted by atomic mass is 19.1. The second-order valence-electron chi connectivity index (χ2n) is 5.69. The molecule has 142 valence electrons. The summed E-state index contributed by atoms with van der Waals surface area (Å²) in [7, 11) is 0. The van der Waals surface area contributed by atoms with E-state index in [1.165, 1.54) is 18.2 Å². The van der Waals surface area contributed by atoms with Gasteiger partial charge in [0, 0.05) is 24.3 Å². The van der Waals surface area contributed by atoms with Crippen LogP contribution >= 0.6 is 0 Å². The van der Waals surface area contributed by atoms with Crippen molar-refractivity contribution in [1.29, 1.82) is 0 Å². The maximum Gasteiger partial charge on any atom is 0.338 e. The normalized spacial score (nSPS) is 10.2. The Labute approximate surface area is 156 Å². The van der Waals surface area contributed by atoms with Gasteiger partial charge in [-0.15, -0.1) is 0 Å². The van der Waals surface area contributed by atoms with Gasteiger partial charge in [0.2, 0.25) is 0 Å². The molecule has 0 saturated carbocycles. The molecule has 27 heavy (non-hydrogen) atoms. The van der Waals surface area contributed by atoms with Gasteiger partial charge in [-0.3, -0.25) is 9.59 Å². The number of carbonyl (C=O) groups excluding carboxylic acids is 3. The molecule has 1 N–H and O–H groups in total. The number of carbonyl (C=O) groups is 3. The summed E-state index contributed by atoms with van der Waals surface area (Å²) in [5, 5.41) is 2.57. The highest BCUT2D eigenvalue weighted by molar-refractivity contribution is 5.97. The van der Waals surface area contributed by atoms with Crippen LogP contribution in [0.2, 0.25) is 0 Å². The number of anilines is 1. The fraction of sp³-hybridized carbons (Fsp3) is 0.250. The van der Waals surface area contributed by atoms with Crippen LogP contribution in [0.4, 0.5) is 10.1 Å². The number of halogens is 1. The van der Waals surface area contributed by atoms with Gasteiger partial charge in [0.25, 0.3) is 11.8 Å². The van der Waals surface area contributed by atoms with Crippen LogP contribution in [-0.2, 0) is 9.53 Å². The number of ether oxygens (including phenoxy) is 1. The number of nitrogens with zero attached hydrogens (tertiary/aromatic N) is 1. The SMILES string of the molecule is CCN(CC)C(=O)c1ccc(NC(=O)COC(=O)c2cccc(F)c2)cc1. The fourth-order valence-corrected chi connectivity index (χ4v) is 2.42. The molecule has 2 amide bonds. The van der Waals surface area contributed by atoms with Gasteiger partial charge in [-0.1, -0.05) is 6.07 Å². The minimum atomic E-state index is -0.787. The van der Waals surface area contributed by atoms with Crippen LogP contribution in [0.3, 0.4) is 0 Å². The number of rotatable bonds is 7. The van der Waals surface area contributed by atoms with Crippen molar-refractivity contribution in [3.8, 4) is 0 Å². The summed E-state index contributed by atoms with van der Waals surface area (Å²) in [5.41, 5.74) is 1.02. The molecule has 0 atom stereocenters. The Kier molecular flexibility index (Phi) is 7.05. The number of nitrogens with one attached hydrogen (secondary N) is 1. The standard InChI is InChI=1S/C20H21FN2O4/c1-3-23(4-2)19(25)14-8-10-17(11-9-14)22-18(24)13-27-20(26)15-6-5-7-16(21)12-15/h5-12H,3-4,13H2,1-2H3,(H,22,24). The van der Waals surface area contributed by atoms with Gasteiger partial charge in [-0.2, -0.15) is 0 Å². The van der Waals surface area contributed by atoms with E-state index in [1.807, 2.05) is 13.8 Å². The van der Waals surface area contributed by atoms with Crippen LogP contribution in [0.5, 0.6) is 0 Å². The van der Waals surface area contributed by atoms with Gasteiger partial charge >= 0.3 is 5.97 Å². The second-order valence-corrected chi connectivity index (χ2v) is 5.69. The number of hydrogen-bond donors (Lipinski definition) is 1. The molecule has 2 rings (SSSR count). The third-order valence-electron chi connectivity index (χ3n) is 3.86. The quantitative estimate of drug-likeness (QED) is 0.758. The van der Waals surface area contributed by atoms with Crippen molar-refractivity contribution in [2.45, 2.75) is 13.8 Å². The first-order valence-electron chi connectivity index (χ1n) is 8.56. The monoisotopic (exact) mass is 372 g/mol. The van der Waals surface area contributed by atoms with Crippen LogP contribution in [0.25, 0.3) is 0 Å². The van der Waals surface area contributed by atoms with Crippen LogP contribution < -0.4 is 5.32 Å². The molecule has 0 radical (unpaired) electrons. The van der Waals surface area contributed by atoms with Gasteiger partial charge in [0.15, 0.2) is 6.61 Å². The van der Waals surface area contributed by atoms with E-state index in [4.69, 9.17) is 4.74 Å². The van der Waals surface area contributed by atoms with Crippen molar-refractivity contribution in [3.05, 3.63) is 65.5 Å². The lowest BCUT2D eigenvalue weighted by Crippen LogP contribution is -2.30. The summed E-state index contributed by atoms with van der Waals surface area (Å²) < 4.78 is 17.9. The lowest BCUT2D eigenvalue weighted by atomic mass is 10.2. The number of hydrogen-bond acceptors (Lipinski definition) is 4. The van der Waals surface area contributed by atoms with Crippen LogP contribution in [0.15, 0.2) is 48.5 Å². The Hall–Kier alpha value is -3.22. The van der Waals surface area contributed by atoms with Gasteiger partial charge in [0.1, 0.15) is 5.82 Å². The van der Waals surface area contributed by atoms with Crippen LogP contribution in [0, 0.1) is 5.82 Å². The molecule has 0 spiro atoms. The summed E-state index contributed by atoms with van der Waals surface area (Å²) in [6.07, 6.45) is 0. The molecule has 0 bridgehead atoms. The van der Waals surface area contributed by atoms with Crippen molar-refractivity contribution in [1.82, 2.24) is 4.90 Å². The van der Waals surface area contributed by atoms with E-state index in [1.54, 1.807) is 29.2 Å². The van der Waals surface area contributed by atoms with E-state index in [2.05, 4.69) is 5.32 Å². The predicted molar refractivity (Wildman–Crippen MR) is 99.0 cm³/mol. The zero-order chi connectivity index (χ0) is 19.8. The predicted octanol–water partition coefficient (Wildman–Crippen LogP) is 3.10. The number of benzene rings is 2. The maximum absolute atomic E-state index is 13.1. The number of esters is 1. The third-order valence-corrected chi connectivity index (χ3v) is 3.86. The largest absolute Gasteiger partial charge is 0.452 e. The van der Waals surface area contributed by atoms with Gasteiger partial charge in [-0.05, 0) is 56.3 Å². The molecule has 0 saturated heterocycles. The summed E-state index contributed by atoms with van der Waals surface area (Å²) >= 11 is 0. The van der Waals surface area contributed by atoms with Crippen molar-refractivity contribution >= 4 is 23.5 Å². The molecule has 0 aliphatic heterocycles. The first kappa shape index (κ1) is 20.1. The fourth-order valence-electron chi connectivity index (χ4n) is 2.42. The zero-order valence-corrected chi connectivity index (χ0v) is 15.2. The zero-order valence-electron chi connectivity index (χ0n) is 15.2. The van der Waals surface area contributed by atoms with Crippen molar-refractivity contribution < 1.29 is 23.5 Å². The molecule has 0 aliphatic carbocycles. The highest BCUT2D eigenvalue weighted by Crippen LogP contribution is 2.12. The van der Waals surface area contributed by atoms with E-state index >= 15 is 0 Å². The molecule has 2 aromatic carbocycles. The minimum absolute atomic E-state index is 0.0297. The van der Waals surface area contributed by atoms with E-state index in [-0.39, 0.29) is 11.5 Å². The molecule has 0 heterocycles. The lowest BCUT2D eigenvalue weighted by Gasteiger charge is -2.18. The van der Waals surface area contributed by atoms with E-state index in [9.17, 15) is 18.8 Å². The first-order chi connectivity index (χ1) is 12.9. The summed E-state index contributed by atoms with van der Waals surface area (Å²) in [6, 6.07) is 11.5. The molecule has 6 nitrogen and oxygen atoms in total. The third kappa shape index (κ3) is 5.64. The summed E-state index contributed by atoms with van der Waals surface area (Å²) in [5.74, 6) is -1.97. The summed E-state index contributed by atoms with van der Waals surface area (Å²) in [6.45, 7) is 4.53. The first-order valence-corrected chi connectivity index (χ1v) is 8.56. The molecular weight excluding hydrogens is 351 g/mol. The highest BCUT2D eigenvalue weighted by Gasteiger charge is 2.13. The molecule has 0 fully saturated rings. The van der Waals surface area contributed by atoms with Crippen molar-refractivity contribution in [2.75, 3.05) is 25.0 Å².